The summed E-state index contributed by atoms with van der Waals surface area (Å²) in [5.74, 6) is 0. The van der Waals surface area contributed by atoms with Crippen molar-refractivity contribution >= 4 is 18.3 Å². The van der Waals surface area contributed by atoms with Crippen molar-refractivity contribution in [1.82, 2.24) is 0 Å². The maximum Gasteiger partial charge on any atom is 0.493 e. The van der Waals surface area contributed by atoms with E-state index in [-0.39, 0.29) is 11.1 Å². The molecule has 1 aromatic carbocycles. The highest BCUT2D eigenvalue weighted by molar-refractivity contribution is 6.61. The van der Waals surface area contributed by atoms with Gasteiger partial charge in [0.05, 0.1) is 5.56 Å². The van der Waals surface area contributed by atoms with Gasteiger partial charge in [-0.25, -0.2) is 0 Å². The predicted molar refractivity (Wildman–Crippen MR) is 66.9 cm³/mol. The van der Waals surface area contributed by atoms with Gasteiger partial charge in [0.15, 0.2) is 0 Å². The molecule has 1 fully saturated rings. The fourth-order valence-electron chi connectivity index (χ4n) is 1.86. The molecule has 1 saturated heterocycles. The van der Waals surface area contributed by atoms with Gasteiger partial charge in [0, 0.05) is 24.3 Å². The van der Waals surface area contributed by atoms with Crippen LogP contribution in [0.5, 0.6) is 0 Å². The van der Waals surface area contributed by atoms with E-state index in [4.69, 9.17) is 15.0 Å². The van der Waals surface area contributed by atoms with Crippen LogP contribution in [-0.2, 0) is 15.5 Å². The van der Waals surface area contributed by atoms with Gasteiger partial charge in [0.25, 0.3) is 0 Å². The van der Waals surface area contributed by atoms with Crippen LogP contribution in [0.2, 0.25) is 0 Å². The Morgan fingerprint density at radius 1 is 1.16 bits per heavy atom. The molecule has 104 valence electrons. The molecule has 0 unspecified atom stereocenters. The highest BCUT2D eigenvalue weighted by Crippen LogP contribution is 2.30. The topological polar surface area (TPSA) is 44.5 Å². The van der Waals surface area contributed by atoms with Crippen molar-refractivity contribution in [2.45, 2.75) is 20.0 Å². The molecular formula is C12H15BF3NO2. The number of halogens is 3. The summed E-state index contributed by atoms with van der Waals surface area (Å²) in [6.07, 6.45) is -4.43. The van der Waals surface area contributed by atoms with Gasteiger partial charge in [-0.3, -0.25) is 0 Å². The molecule has 3 nitrogen and oxygen atoms in total. The van der Waals surface area contributed by atoms with Crippen LogP contribution in [0.4, 0.5) is 18.9 Å². The second kappa shape index (κ2) is 4.72. The summed E-state index contributed by atoms with van der Waals surface area (Å²) < 4.78 is 49.0. The minimum Gasteiger partial charge on any atom is -0.407 e. The Labute approximate surface area is 110 Å². The Bertz CT molecular complexity index is 467. The average Bonchev–Trinajstić information content (AvgIpc) is 2.26. The van der Waals surface area contributed by atoms with E-state index in [1.54, 1.807) is 0 Å². The minimum atomic E-state index is -4.43. The van der Waals surface area contributed by atoms with Crippen LogP contribution < -0.4 is 11.2 Å². The van der Waals surface area contributed by atoms with E-state index in [0.717, 1.165) is 12.1 Å². The lowest BCUT2D eigenvalue weighted by molar-refractivity contribution is -0.137. The van der Waals surface area contributed by atoms with E-state index in [1.165, 1.54) is 6.07 Å². The number of benzene rings is 1. The van der Waals surface area contributed by atoms with Gasteiger partial charge < -0.3 is 15.0 Å². The van der Waals surface area contributed by atoms with Crippen molar-refractivity contribution in [2.24, 2.45) is 5.41 Å². The van der Waals surface area contributed by atoms with Gasteiger partial charge in [-0.1, -0.05) is 19.9 Å². The molecule has 2 N–H and O–H groups in total. The maximum atomic E-state index is 12.7. The molecule has 0 amide bonds. The van der Waals surface area contributed by atoms with Gasteiger partial charge in [0.2, 0.25) is 0 Å². The van der Waals surface area contributed by atoms with E-state index in [0.29, 0.717) is 18.7 Å². The number of rotatable bonds is 1. The molecule has 0 spiro atoms. The third-order valence-corrected chi connectivity index (χ3v) is 2.83. The molecule has 1 aliphatic rings. The zero-order chi connectivity index (χ0) is 14.3. The summed E-state index contributed by atoms with van der Waals surface area (Å²) in [6.45, 7) is 4.77. The summed E-state index contributed by atoms with van der Waals surface area (Å²) in [6, 6.07) is 3.35. The van der Waals surface area contributed by atoms with Crippen molar-refractivity contribution in [3.05, 3.63) is 23.8 Å². The monoisotopic (exact) mass is 273 g/mol. The smallest absolute Gasteiger partial charge is 0.407 e. The Morgan fingerprint density at radius 2 is 1.74 bits per heavy atom. The summed E-state index contributed by atoms with van der Waals surface area (Å²) >= 11 is 0. The molecule has 1 aliphatic heterocycles. The molecule has 0 bridgehead atoms. The van der Waals surface area contributed by atoms with E-state index in [9.17, 15) is 13.2 Å². The fourth-order valence-corrected chi connectivity index (χ4v) is 1.86. The van der Waals surface area contributed by atoms with E-state index < -0.39 is 18.9 Å². The highest BCUT2D eigenvalue weighted by atomic mass is 19.4. The summed E-state index contributed by atoms with van der Waals surface area (Å²) in [5.41, 5.74) is 4.92. The second-order valence-corrected chi connectivity index (χ2v) is 5.50. The summed E-state index contributed by atoms with van der Waals surface area (Å²) in [4.78, 5) is 0. The molecule has 0 radical (unpaired) electrons. The van der Waals surface area contributed by atoms with Crippen molar-refractivity contribution in [3.63, 3.8) is 0 Å². The molecule has 1 aromatic rings. The standard InChI is InChI=1S/C12H15BF3NO2/c1-11(2)6-18-13(19-7-11)9-3-8(12(14,15)16)4-10(17)5-9/h3-5H,6-7,17H2,1-2H3. The first-order valence-electron chi connectivity index (χ1n) is 5.88. The van der Waals surface area contributed by atoms with E-state index >= 15 is 0 Å². The van der Waals surface area contributed by atoms with Crippen LogP contribution in [0, 0.1) is 5.41 Å². The van der Waals surface area contributed by atoms with Gasteiger partial charge in [-0.2, -0.15) is 13.2 Å². The first-order chi connectivity index (χ1) is 8.67. The number of nitrogen functional groups attached to an aromatic ring is 1. The SMILES string of the molecule is CC1(C)COB(c2cc(N)cc(C(F)(F)F)c2)OC1. The fraction of sp³-hybridized carbons (Fsp3) is 0.500. The molecule has 1 heterocycles. The molecule has 0 aromatic heterocycles. The summed E-state index contributed by atoms with van der Waals surface area (Å²) in [7, 11) is -0.794. The zero-order valence-electron chi connectivity index (χ0n) is 10.8. The van der Waals surface area contributed by atoms with Crippen molar-refractivity contribution in [1.29, 1.82) is 0 Å². The predicted octanol–water partition coefficient (Wildman–Crippen LogP) is 2.06. The van der Waals surface area contributed by atoms with Crippen LogP contribution in [0.25, 0.3) is 0 Å². The first kappa shape index (κ1) is 14.2. The Hall–Kier alpha value is -1.21. The van der Waals surface area contributed by atoms with Crippen molar-refractivity contribution < 1.29 is 22.5 Å². The summed E-state index contributed by atoms with van der Waals surface area (Å²) in [5, 5.41) is 0. The zero-order valence-corrected chi connectivity index (χ0v) is 10.8. The molecule has 19 heavy (non-hydrogen) atoms. The molecular weight excluding hydrogens is 258 g/mol. The molecule has 0 aliphatic carbocycles. The number of nitrogens with two attached hydrogens (primary N) is 1. The van der Waals surface area contributed by atoms with Crippen LogP contribution in [0.15, 0.2) is 18.2 Å². The first-order valence-corrected chi connectivity index (χ1v) is 5.88. The maximum absolute atomic E-state index is 12.7. The number of alkyl halides is 3. The van der Waals surface area contributed by atoms with Crippen LogP contribution in [-0.4, -0.2) is 20.3 Å². The van der Waals surface area contributed by atoms with Gasteiger partial charge in [-0.05, 0) is 17.6 Å². The Kier molecular flexibility index (Phi) is 3.53. The van der Waals surface area contributed by atoms with E-state index in [2.05, 4.69) is 0 Å². The number of anilines is 1. The lowest BCUT2D eigenvalue weighted by Gasteiger charge is -2.33. The third kappa shape index (κ3) is 3.42. The minimum absolute atomic E-state index is 0.0434. The van der Waals surface area contributed by atoms with Crippen LogP contribution >= 0.6 is 0 Å². The molecule has 0 atom stereocenters. The lowest BCUT2D eigenvalue weighted by atomic mass is 9.75. The number of hydrogen-bond acceptors (Lipinski definition) is 3. The molecule has 7 heteroatoms. The van der Waals surface area contributed by atoms with E-state index in [1.807, 2.05) is 13.8 Å². The molecule has 0 saturated carbocycles. The Morgan fingerprint density at radius 3 is 2.26 bits per heavy atom. The highest BCUT2D eigenvalue weighted by Gasteiger charge is 2.36. The quantitative estimate of drug-likeness (QED) is 0.629. The Balaban J connectivity index is 2.24. The van der Waals surface area contributed by atoms with Gasteiger partial charge in [-0.15, -0.1) is 0 Å². The number of hydrogen-bond donors (Lipinski definition) is 1. The van der Waals surface area contributed by atoms with Crippen LogP contribution in [0.1, 0.15) is 19.4 Å². The second-order valence-electron chi connectivity index (χ2n) is 5.50. The van der Waals surface area contributed by atoms with Gasteiger partial charge >= 0.3 is 13.3 Å². The third-order valence-electron chi connectivity index (χ3n) is 2.83. The van der Waals surface area contributed by atoms with Crippen molar-refractivity contribution in [3.8, 4) is 0 Å². The normalized spacial score (nSPS) is 19.5. The molecule has 2 rings (SSSR count). The lowest BCUT2D eigenvalue weighted by Crippen LogP contribution is -2.47. The van der Waals surface area contributed by atoms with Gasteiger partial charge in [0.1, 0.15) is 0 Å². The largest absolute Gasteiger partial charge is 0.493 e. The van der Waals surface area contributed by atoms with Crippen LogP contribution in [0.3, 0.4) is 0 Å². The average molecular weight is 273 g/mol. The van der Waals surface area contributed by atoms with Crippen molar-refractivity contribution in [2.75, 3.05) is 18.9 Å².